The molecule has 5 heteroatoms. The third-order valence-electron chi connectivity index (χ3n) is 3.74. The highest BCUT2D eigenvalue weighted by molar-refractivity contribution is 6.30. The van der Waals surface area contributed by atoms with Gasteiger partial charge < -0.3 is 10.5 Å². The van der Waals surface area contributed by atoms with Crippen LogP contribution in [0.1, 0.15) is 17.0 Å². The van der Waals surface area contributed by atoms with Crippen molar-refractivity contribution in [2.45, 2.75) is 5.92 Å². The van der Waals surface area contributed by atoms with Gasteiger partial charge in [0.05, 0.1) is 13.7 Å². The normalized spacial score (nSPS) is 12.2. The highest BCUT2D eigenvalue weighted by atomic mass is 35.5. The van der Waals surface area contributed by atoms with Crippen LogP contribution in [0.5, 0.6) is 0 Å². The fourth-order valence-electron chi connectivity index (χ4n) is 2.60. The van der Waals surface area contributed by atoms with E-state index in [-0.39, 0.29) is 18.4 Å². The molecule has 0 saturated carbocycles. The number of esters is 1. The van der Waals surface area contributed by atoms with Crippen LogP contribution in [0.15, 0.2) is 48.5 Å². The Morgan fingerprint density at radius 3 is 2.65 bits per heavy atom. The van der Waals surface area contributed by atoms with Gasteiger partial charge in [-0.25, -0.2) is 0 Å². The molecule has 0 amide bonds. The van der Waals surface area contributed by atoms with Crippen molar-refractivity contribution in [3.8, 4) is 0 Å². The molecule has 2 rings (SSSR count). The molecule has 0 aliphatic heterocycles. The number of ether oxygens (including phenoxy) is 1. The topological polar surface area (TPSA) is 55.6 Å². The van der Waals surface area contributed by atoms with Gasteiger partial charge >= 0.3 is 5.97 Å². The average molecular weight is 333 g/mol. The van der Waals surface area contributed by atoms with Crippen LogP contribution in [0.4, 0.5) is 5.69 Å². The largest absolute Gasteiger partial charge is 0.468 e. The lowest BCUT2D eigenvalue weighted by Crippen LogP contribution is -2.31. The molecule has 0 radical (unpaired) electrons. The Morgan fingerprint density at radius 2 is 2.00 bits per heavy atom. The van der Waals surface area contributed by atoms with Gasteiger partial charge in [-0.15, -0.1) is 0 Å². The summed E-state index contributed by atoms with van der Waals surface area (Å²) < 4.78 is 4.73. The van der Waals surface area contributed by atoms with Crippen molar-refractivity contribution < 1.29 is 9.53 Å². The lowest BCUT2D eigenvalue weighted by Gasteiger charge is -2.25. The molecule has 2 N–H and O–H groups in total. The fraction of sp³-hybridized carbons (Fsp3) is 0.278. The summed E-state index contributed by atoms with van der Waals surface area (Å²) in [5.41, 5.74) is 8.96. The molecule has 0 aliphatic carbocycles. The molecular formula is C18H21ClN2O2. The number of para-hydroxylation sites is 1. The zero-order chi connectivity index (χ0) is 16.8. The van der Waals surface area contributed by atoms with Gasteiger partial charge in [-0.05, 0) is 36.4 Å². The molecule has 4 nitrogen and oxygen atoms in total. The first-order chi connectivity index (χ1) is 11.0. The maximum absolute atomic E-state index is 11.5. The first kappa shape index (κ1) is 17.3. The second kappa shape index (κ2) is 7.99. The Bertz CT molecular complexity index is 676. The smallest absolute Gasteiger partial charge is 0.319 e. The number of carbonyl (C=O) groups is 1. The van der Waals surface area contributed by atoms with Gasteiger partial charge in [0.1, 0.15) is 0 Å². The van der Waals surface area contributed by atoms with Crippen LogP contribution >= 0.6 is 11.6 Å². The second-order valence-electron chi connectivity index (χ2n) is 5.51. The summed E-state index contributed by atoms with van der Waals surface area (Å²) in [7, 11) is 3.27. The van der Waals surface area contributed by atoms with E-state index < -0.39 is 0 Å². The number of nitrogen functional groups attached to an aromatic ring is 1. The Balaban J connectivity index is 2.32. The maximum atomic E-state index is 11.5. The Hall–Kier alpha value is -2.04. The molecule has 2 aromatic carbocycles. The first-order valence-electron chi connectivity index (χ1n) is 7.36. The summed E-state index contributed by atoms with van der Waals surface area (Å²) >= 11 is 6.14. The highest BCUT2D eigenvalue weighted by Gasteiger charge is 2.20. The lowest BCUT2D eigenvalue weighted by molar-refractivity contribution is -0.141. The van der Waals surface area contributed by atoms with Crippen LogP contribution in [0, 0.1) is 0 Å². The molecule has 0 aliphatic rings. The lowest BCUT2D eigenvalue weighted by atomic mass is 9.89. The standard InChI is InChI=1S/C18H21ClN2O2/c1-21(12-18(22)23-2)11-16(13-6-5-7-14(19)10-13)15-8-3-4-9-17(15)20/h3-10,16H,11-12,20H2,1-2H3. The number of nitrogens with zero attached hydrogens (tertiary/aromatic N) is 1. The quantitative estimate of drug-likeness (QED) is 0.652. The maximum Gasteiger partial charge on any atom is 0.319 e. The van der Waals surface area contributed by atoms with Crippen molar-refractivity contribution in [3.63, 3.8) is 0 Å². The van der Waals surface area contributed by atoms with Gasteiger partial charge in [0.15, 0.2) is 0 Å². The summed E-state index contributed by atoms with van der Waals surface area (Å²) in [4.78, 5) is 13.4. The molecule has 2 aromatic rings. The monoisotopic (exact) mass is 332 g/mol. The van der Waals surface area contributed by atoms with Gasteiger partial charge in [-0.1, -0.05) is 41.9 Å². The van der Waals surface area contributed by atoms with E-state index in [2.05, 4.69) is 0 Å². The Labute approximate surface area is 141 Å². The third kappa shape index (κ3) is 4.71. The van der Waals surface area contributed by atoms with E-state index in [0.29, 0.717) is 11.6 Å². The van der Waals surface area contributed by atoms with Crippen LogP contribution in [0.25, 0.3) is 0 Å². The molecule has 0 fully saturated rings. The van der Waals surface area contributed by atoms with Crippen LogP contribution in [-0.4, -0.2) is 38.1 Å². The number of halogens is 1. The molecule has 1 unspecified atom stereocenters. The number of anilines is 1. The van der Waals surface area contributed by atoms with Crippen molar-refractivity contribution in [1.29, 1.82) is 0 Å². The number of hydrogen-bond acceptors (Lipinski definition) is 4. The van der Waals surface area contributed by atoms with Gasteiger partial charge in [0.25, 0.3) is 0 Å². The molecule has 0 aromatic heterocycles. The number of benzene rings is 2. The van der Waals surface area contributed by atoms with E-state index in [1.54, 1.807) is 0 Å². The van der Waals surface area contributed by atoms with Crippen molar-refractivity contribution in [1.82, 2.24) is 4.90 Å². The number of carbonyl (C=O) groups excluding carboxylic acids is 1. The van der Waals surface area contributed by atoms with Gasteiger partial charge in [0, 0.05) is 23.2 Å². The predicted molar refractivity (Wildman–Crippen MR) is 93.7 cm³/mol. The second-order valence-corrected chi connectivity index (χ2v) is 5.95. The molecule has 23 heavy (non-hydrogen) atoms. The molecule has 0 bridgehead atoms. The highest BCUT2D eigenvalue weighted by Crippen LogP contribution is 2.30. The Morgan fingerprint density at radius 1 is 1.26 bits per heavy atom. The summed E-state index contributed by atoms with van der Waals surface area (Å²) in [6.45, 7) is 0.851. The van der Waals surface area contributed by atoms with Gasteiger partial charge in [-0.3, -0.25) is 9.69 Å². The molecule has 122 valence electrons. The van der Waals surface area contributed by atoms with E-state index in [4.69, 9.17) is 22.1 Å². The van der Waals surface area contributed by atoms with Crippen LogP contribution in [0.3, 0.4) is 0 Å². The minimum Gasteiger partial charge on any atom is -0.468 e. The van der Waals surface area contributed by atoms with Crippen LogP contribution in [0.2, 0.25) is 5.02 Å². The average Bonchev–Trinajstić information content (AvgIpc) is 2.53. The number of likely N-dealkylation sites (N-methyl/N-ethyl adjacent to an activating group) is 1. The first-order valence-corrected chi connectivity index (χ1v) is 7.74. The van der Waals surface area contributed by atoms with E-state index in [0.717, 1.165) is 16.8 Å². The van der Waals surface area contributed by atoms with Gasteiger partial charge in [0.2, 0.25) is 0 Å². The number of hydrogen-bond donors (Lipinski definition) is 1. The van der Waals surface area contributed by atoms with Crippen LogP contribution in [-0.2, 0) is 9.53 Å². The van der Waals surface area contributed by atoms with Crippen LogP contribution < -0.4 is 5.73 Å². The van der Waals surface area contributed by atoms with Crippen molar-refractivity contribution >= 4 is 23.3 Å². The molecule has 0 heterocycles. The van der Waals surface area contributed by atoms with Crippen molar-refractivity contribution in [2.24, 2.45) is 0 Å². The van der Waals surface area contributed by atoms with Gasteiger partial charge in [-0.2, -0.15) is 0 Å². The molecule has 1 atom stereocenters. The van der Waals surface area contributed by atoms with E-state index in [1.165, 1.54) is 7.11 Å². The minimum absolute atomic E-state index is 0.0181. The third-order valence-corrected chi connectivity index (χ3v) is 3.98. The molecular weight excluding hydrogens is 312 g/mol. The predicted octanol–water partition coefficient (Wildman–Crippen LogP) is 3.16. The molecule has 0 saturated heterocycles. The number of methoxy groups -OCH3 is 1. The Kier molecular flexibility index (Phi) is 6.02. The van der Waals surface area contributed by atoms with E-state index in [1.807, 2.05) is 60.5 Å². The summed E-state index contributed by atoms with van der Waals surface area (Å²) in [5, 5.41) is 0.678. The van der Waals surface area contributed by atoms with Crippen molar-refractivity contribution in [3.05, 3.63) is 64.7 Å². The zero-order valence-electron chi connectivity index (χ0n) is 13.3. The fourth-order valence-corrected chi connectivity index (χ4v) is 2.79. The SMILES string of the molecule is COC(=O)CN(C)CC(c1cccc(Cl)c1)c1ccccc1N. The minimum atomic E-state index is -0.265. The molecule has 0 spiro atoms. The van der Waals surface area contributed by atoms with E-state index in [9.17, 15) is 4.79 Å². The van der Waals surface area contributed by atoms with Crippen molar-refractivity contribution in [2.75, 3.05) is 33.0 Å². The number of nitrogens with two attached hydrogens (primary N) is 1. The summed E-state index contributed by atoms with van der Waals surface area (Å²) in [5.74, 6) is -0.247. The van der Waals surface area contributed by atoms with E-state index >= 15 is 0 Å². The number of rotatable bonds is 6. The zero-order valence-corrected chi connectivity index (χ0v) is 14.1. The summed E-state index contributed by atoms with van der Waals surface area (Å²) in [6, 6.07) is 15.5. The summed E-state index contributed by atoms with van der Waals surface area (Å²) in [6.07, 6.45) is 0.